The second kappa shape index (κ2) is 4.76. The molecule has 19 heavy (non-hydrogen) atoms. The molecule has 3 nitrogen and oxygen atoms in total. The summed E-state index contributed by atoms with van der Waals surface area (Å²) in [6, 6.07) is 15.8. The van der Waals surface area contributed by atoms with Crippen molar-refractivity contribution in [1.29, 1.82) is 0 Å². The first-order valence-electron chi connectivity index (χ1n) is 6.33. The average molecular weight is 253 g/mol. The summed E-state index contributed by atoms with van der Waals surface area (Å²) in [5.74, 6) is -0.260. The fraction of sp³-hybridized carbons (Fsp3) is 0.188. The molecule has 0 amide bonds. The Balaban J connectivity index is 1.98. The van der Waals surface area contributed by atoms with Crippen molar-refractivity contribution < 1.29 is 9.53 Å². The minimum Gasteiger partial charge on any atom is -0.459 e. The summed E-state index contributed by atoms with van der Waals surface area (Å²) in [6.07, 6.45) is 0. The molecule has 0 saturated carbocycles. The van der Waals surface area contributed by atoms with E-state index in [1.165, 1.54) is 0 Å². The fourth-order valence-electron chi connectivity index (χ4n) is 2.28. The maximum absolute atomic E-state index is 12.0. The molecule has 0 fully saturated rings. The molecule has 3 rings (SSSR count). The highest BCUT2D eigenvalue weighted by Gasteiger charge is 2.23. The van der Waals surface area contributed by atoms with Crippen LogP contribution in [0.15, 0.2) is 48.5 Å². The van der Waals surface area contributed by atoms with Crippen LogP contribution >= 0.6 is 0 Å². The summed E-state index contributed by atoms with van der Waals surface area (Å²) >= 11 is 0. The fourth-order valence-corrected chi connectivity index (χ4v) is 2.28. The van der Waals surface area contributed by atoms with Gasteiger partial charge in [-0.1, -0.05) is 42.0 Å². The molecule has 96 valence electrons. The molecule has 0 radical (unpaired) electrons. The average Bonchev–Trinajstić information content (AvgIpc) is 2.60. The first kappa shape index (κ1) is 11.8. The molecule has 1 N–H and O–H groups in total. The zero-order valence-electron chi connectivity index (χ0n) is 10.7. The van der Waals surface area contributed by atoms with Crippen LogP contribution in [0.3, 0.4) is 0 Å². The summed E-state index contributed by atoms with van der Waals surface area (Å²) in [6.45, 7) is 2.31. The number of esters is 1. The molecule has 1 heterocycles. The van der Waals surface area contributed by atoms with Crippen LogP contribution in [0, 0.1) is 6.92 Å². The van der Waals surface area contributed by atoms with Crippen molar-refractivity contribution in [3.63, 3.8) is 0 Å². The van der Waals surface area contributed by atoms with Gasteiger partial charge in [0.2, 0.25) is 0 Å². The molecule has 1 aliphatic heterocycles. The van der Waals surface area contributed by atoms with E-state index in [1.807, 2.05) is 55.5 Å². The predicted molar refractivity (Wildman–Crippen MR) is 74.3 cm³/mol. The first-order chi connectivity index (χ1) is 9.24. The molecule has 0 saturated heterocycles. The monoisotopic (exact) mass is 253 g/mol. The van der Waals surface area contributed by atoms with Crippen molar-refractivity contribution in [2.75, 3.05) is 11.9 Å². The highest BCUT2D eigenvalue weighted by molar-refractivity contribution is 5.96. The number of cyclic esters (lactones) is 1. The molecule has 0 spiro atoms. The molecule has 2 aromatic carbocycles. The summed E-state index contributed by atoms with van der Waals surface area (Å²) in [5, 5.41) is 3.39. The van der Waals surface area contributed by atoms with Crippen LogP contribution in [0.1, 0.15) is 27.5 Å². The number of ether oxygens (including phenoxy) is 1. The number of hydrogen-bond donors (Lipinski definition) is 1. The van der Waals surface area contributed by atoms with E-state index < -0.39 is 0 Å². The second-order valence-corrected chi connectivity index (χ2v) is 4.76. The third-order valence-electron chi connectivity index (χ3n) is 3.31. The van der Waals surface area contributed by atoms with Crippen molar-refractivity contribution in [3.05, 3.63) is 65.2 Å². The quantitative estimate of drug-likeness (QED) is 0.792. The Morgan fingerprint density at radius 2 is 1.95 bits per heavy atom. The van der Waals surface area contributed by atoms with Crippen LogP contribution in [-0.2, 0) is 4.74 Å². The Morgan fingerprint density at radius 1 is 1.16 bits per heavy atom. The lowest BCUT2D eigenvalue weighted by Gasteiger charge is -2.17. The number of carbonyl (C=O) groups excluding carboxylic acids is 1. The Bertz CT molecular complexity index is 607. The lowest BCUT2D eigenvalue weighted by molar-refractivity contribution is 0.0500. The molecule has 2 aromatic rings. The van der Waals surface area contributed by atoms with Crippen molar-refractivity contribution in [2.45, 2.75) is 13.0 Å². The van der Waals surface area contributed by atoms with Gasteiger partial charge in [-0.25, -0.2) is 4.79 Å². The highest BCUT2D eigenvalue weighted by atomic mass is 16.5. The largest absolute Gasteiger partial charge is 0.459 e. The van der Waals surface area contributed by atoms with Gasteiger partial charge in [-0.15, -0.1) is 0 Å². The first-order valence-corrected chi connectivity index (χ1v) is 6.33. The number of fused-ring (bicyclic) bond motifs is 1. The SMILES string of the molecule is Cc1ccc2c(c1)C(=O)OCC(c1ccccc1)N2. The summed E-state index contributed by atoms with van der Waals surface area (Å²) in [7, 11) is 0. The van der Waals surface area contributed by atoms with Crippen molar-refractivity contribution in [2.24, 2.45) is 0 Å². The smallest absolute Gasteiger partial charge is 0.340 e. The van der Waals surface area contributed by atoms with E-state index in [2.05, 4.69) is 5.32 Å². The van der Waals surface area contributed by atoms with Gasteiger partial charge >= 0.3 is 5.97 Å². The number of hydrogen-bond acceptors (Lipinski definition) is 3. The Hall–Kier alpha value is -2.29. The van der Waals surface area contributed by atoms with Crippen LogP contribution in [0.5, 0.6) is 0 Å². The maximum Gasteiger partial charge on any atom is 0.340 e. The van der Waals surface area contributed by atoms with Crippen LogP contribution in [0.4, 0.5) is 5.69 Å². The van der Waals surface area contributed by atoms with Crippen molar-refractivity contribution in [3.8, 4) is 0 Å². The zero-order chi connectivity index (χ0) is 13.2. The minimum atomic E-state index is -0.260. The summed E-state index contributed by atoms with van der Waals surface area (Å²) < 4.78 is 5.35. The van der Waals surface area contributed by atoms with Crippen molar-refractivity contribution in [1.82, 2.24) is 0 Å². The third kappa shape index (κ3) is 2.32. The lowest BCUT2D eigenvalue weighted by atomic mass is 10.1. The van der Waals surface area contributed by atoms with Gasteiger partial charge in [-0.3, -0.25) is 0 Å². The van der Waals surface area contributed by atoms with E-state index in [0.717, 1.165) is 16.8 Å². The van der Waals surface area contributed by atoms with Gasteiger partial charge in [0.15, 0.2) is 0 Å². The Morgan fingerprint density at radius 3 is 2.74 bits per heavy atom. The van der Waals surface area contributed by atoms with Crippen LogP contribution in [-0.4, -0.2) is 12.6 Å². The minimum absolute atomic E-state index is 0.00546. The molecule has 0 aliphatic carbocycles. The van der Waals surface area contributed by atoms with E-state index in [-0.39, 0.29) is 12.0 Å². The van der Waals surface area contributed by atoms with Gasteiger partial charge in [0.25, 0.3) is 0 Å². The molecule has 3 heteroatoms. The van der Waals surface area contributed by atoms with Gasteiger partial charge in [-0.05, 0) is 24.6 Å². The van der Waals surface area contributed by atoms with E-state index in [4.69, 9.17) is 4.74 Å². The van der Waals surface area contributed by atoms with Crippen LogP contribution in [0.25, 0.3) is 0 Å². The van der Waals surface area contributed by atoms with Gasteiger partial charge < -0.3 is 10.1 Å². The molecule has 1 atom stereocenters. The number of aryl methyl sites for hydroxylation is 1. The molecular weight excluding hydrogens is 238 g/mol. The van der Waals surface area contributed by atoms with Gasteiger partial charge in [0, 0.05) is 5.69 Å². The zero-order valence-corrected chi connectivity index (χ0v) is 10.7. The molecular formula is C16H15NO2. The Labute approximate surface area is 112 Å². The lowest BCUT2D eigenvalue weighted by Crippen LogP contribution is -2.15. The third-order valence-corrected chi connectivity index (χ3v) is 3.31. The van der Waals surface area contributed by atoms with Gasteiger partial charge in [-0.2, -0.15) is 0 Å². The van der Waals surface area contributed by atoms with Gasteiger partial charge in [0.1, 0.15) is 6.61 Å². The standard InChI is InChI=1S/C16H15NO2/c1-11-7-8-14-13(9-11)16(18)19-10-15(17-14)12-5-3-2-4-6-12/h2-9,15,17H,10H2,1H3. The highest BCUT2D eigenvalue weighted by Crippen LogP contribution is 2.28. The van der Waals surface area contributed by atoms with E-state index >= 15 is 0 Å². The van der Waals surface area contributed by atoms with Crippen LogP contribution < -0.4 is 5.32 Å². The van der Waals surface area contributed by atoms with Crippen molar-refractivity contribution >= 4 is 11.7 Å². The summed E-state index contributed by atoms with van der Waals surface area (Å²) in [4.78, 5) is 12.0. The predicted octanol–water partition coefficient (Wildman–Crippen LogP) is 3.32. The maximum atomic E-state index is 12.0. The number of rotatable bonds is 1. The van der Waals surface area contributed by atoms with E-state index in [1.54, 1.807) is 0 Å². The molecule has 0 aromatic heterocycles. The number of carbonyl (C=O) groups is 1. The number of benzene rings is 2. The molecule has 1 aliphatic rings. The summed E-state index contributed by atoms with van der Waals surface area (Å²) in [5.41, 5.74) is 3.61. The Kier molecular flexibility index (Phi) is 2.95. The number of anilines is 1. The topological polar surface area (TPSA) is 38.3 Å². The van der Waals surface area contributed by atoms with E-state index in [0.29, 0.717) is 12.2 Å². The number of nitrogens with one attached hydrogen (secondary N) is 1. The second-order valence-electron chi connectivity index (χ2n) is 4.76. The van der Waals surface area contributed by atoms with Crippen LogP contribution in [0.2, 0.25) is 0 Å². The molecule has 1 unspecified atom stereocenters. The molecule has 0 bridgehead atoms. The van der Waals surface area contributed by atoms with Gasteiger partial charge in [0.05, 0.1) is 11.6 Å². The van der Waals surface area contributed by atoms with E-state index in [9.17, 15) is 4.79 Å². The normalized spacial score (nSPS) is 17.9.